The average molecular weight is 255 g/mol. The molecule has 0 amide bonds. The summed E-state index contributed by atoms with van der Waals surface area (Å²) in [6, 6.07) is 15.8. The third kappa shape index (κ3) is 2.29. The van der Waals surface area contributed by atoms with Gasteiger partial charge in [-0.3, -0.25) is 0 Å². The Morgan fingerprint density at radius 1 is 1.16 bits per heavy atom. The first-order valence-corrected chi connectivity index (χ1v) is 6.44. The fraction of sp³-hybridized carbons (Fsp3) is 0.250. The van der Waals surface area contributed by atoms with Gasteiger partial charge in [-0.1, -0.05) is 30.3 Å². The number of hydrogen-bond donors (Lipinski definition) is 2. The molecule has 2 aromatic rings. The number of benzene rings is 2. The predicted octanol–water partition coefficient (Wildman–Crippen LogP) is 2.77. The molecule has 0 aromatic heterocycles. The molecule has 19 heavy (non-hydrogen) atoms. The molecule has 1 aliphatic heterocycles. The highest BCUT2D eigenvalue weighted by atomic mass is 16.5. The van der Waals surface area contributed by atoms with E-state index in [0.29, 0.717) is 0 Å². The van der Waals surface area contributed by atoms with Crippen molar-refractivity contribution >= 4 is 5.69 Å². The van der Waals surface area contributed by atoms with Crippen molar-refractivity contribution in [2.45, 2.75) is 18.6 Å². The van der Waals surface area contributed by atoms with Gasteiger partial charge in [0.1, 0.15) is 5.75 Å². The molecule has 0 aliphatic carbocycles. The first kappa shape index (κ1) is 12.1. The molecule has 1 aliphatic rings. The maximum absolute atomic E-state index is 10.5. The molecule has 3 rings (SSSR count). The Balaban J connectivity index is 1.77. The number of nitrogens with one attached hydrogen (secondary N) is 1. The second-order valence-electron chi connectivity index (χ2n) is 4.83. The third-order valence-electron chi connectivity index (χ3n) is 3.64. The number of rotatable bonds is 3. The molecule has 3 nitrogen and oxygen atoms in total. The van der Waals surface area contributed by atoms with Crippen LogP contribution in [0.3, 0.4) is 0 Å². The Morgan fingerprint density at radius 2 is 1.89 bits per heavy atom. The van der Waals surface area contributed by atoms with Crippen LogP contribution in [0.1, 0.15) is 17.2 Å². The van der Waals surface area contributed by atoms with Gasteiger partial charge in [0.05, 0.1) is 19.3 Å². The van der Waals surface area contributed by atoms with Crippen molar-refractivity contribution in [2.75, 3.05) is 12.4 Å². The number of methoxy groups -OCH3 is 1. The third-order valence-corrected chi connectivity index (χ3v) is 3.64. The summed E-state index contributed by atoms with van der Waals surface area (Å²) in [5.41, 5.74) is 3.30. The van der Waals surface area contributed by atoms with Crippen molar-refractivity contribution in [1.29, 1.82) is 0 Å². The van der Waals surface area contributed by atoms with Gasteiger partial charge in [-0.25, -0.2) is 0 Å². The van der Waals surface area contributed by atoms with Crippen molar-refractivity contribution < 1.29 is 9.84 Å². The van der Waals surface area contributed by atoms with Gasteiger partial charge < -0.3 is 15.2 Å². The summed E-state index contributed by atoms with van der Waals surface area (Å²) < 4.78 is 5.13. The number of aliphatic hydroxyl groups is 1. The van der Waals surface area contributed by atoms with E-state index in [2.05, 4.69) is 17.4 Å². The summed E-state index contributed by atoms with van der Waals surface area (Å²) in [6.45, 7) is 0. The number of ether oxygens (including phenoxy) is 1. The first-order chi connectivity index (χ1) is 9.28. The molecule has 0 spiro atoms. The molecule has 98 valence electrons. The second kappa shape index (κ2) is 4.94. The molecular formula is C16H17NO2. The lowest BCUT2D eigenvalue weighted by molar-refractivity contribution is 0.156. The fourth-order valence-corrected chi connectivity index (χ4v) is 2.55. The number of para-hydroxylation sites is 1. The van der Waals surface area contributed by atoms with Crippen LogP contribution in [0.2, 0.25) is 0 Å². The number of hydrogen-bond acceptors (Lipinski definition) is 3. The zero-order valence-corrected chi connectivity index (χ0v) is 10.8. The second-order valence-corrected chi connectivity index (χ2v) is 4.83. The largest absolute Gasteiger partial charge is 0.497 e. The summed E-state index contributed by atoms with van der Waals surface area (Å²) in [6.07, 6.45) is 0.335. The van der Waals surface area contributed by atoms with Crippen molar-refractivity contribution in [3.8, 4) is 5.75 Å². The maximum Gasteiger partial charge on any atom is 0.118 e. The van der Waals surface area contributed by atoms with Crippen molar-refractivity contribution in [3.63, 3.8) is 0 Å². The molecule has 3 heteroatoms. The summed E-state index contributed by atoms with van der Waals surface area (Å²) in [5, 5.41) is 13.8. The lowest BCUT2D eigenvalue weighted by atomic mass is 9.99. The van der Waals surface area contributed by atoms with E-state index in [1.165, 1.54) is 5.56 Å². The molecular weight excluding hydrogens is 238 g/mol. The molecule has 0 radical (unpaired) electrons. The van der Waals surface area contributed by atoms with Gasteiger partial charge >= 0.3 is 0 Å². The van der Waals surface area contributed by atoms with Gasteiger partial charge in [-0.2, -0.15) is 0 Å². The normalized spacial score (nSPS) is 18.5. The highest BCUT2D eigenvalue weighted by molar-refractivity contribution is 5.57. The zero-order valence-electron chi connectivity index (χ0n) is 10.8. The first-order valence-electron chi connectivity index (χ1n) is 6.44. The van der Waals surface area contributed by atoms with Crippen LogP contribution in [0.25, 0.3) is 0 Å². The molecule has 0 saturated heterocycles. The van der Waals surface area contributed by atoms with Gasteiger partial charge in [0, 0.05) is 5.69 Å². The summed E-state index contributed by atoms with van der Waals surface area (Å²) in [5.74, 6) is 0.804. The Morgan fingerprint density at radius 3 is 2.58 bits per heavy atom. The van der Waals surface area contributed by atoms with Gasteiger partial charge in [0.15, 0.2) is 0 Å². The number of fused-ring (bicyclic) bond motifs is 1. The molecule has 0 fully saturated rings. The topological polar surface area (TPSA) is 41.5 Å². The van der Waals surface area contributed by atoms with Gasteiger partial charge in [0.2, 0.25) is 0 Å². The lowest BCUT2D eigenvalue weighted by Crippen LogP contribution is -2.24. The van der Waals surface area contributed by atoms with Crippen molar-refractivity contribution in [1.82, 2.24) is 0 Å². The molecule has 0 saturated carbocycles. The highest BCUT2D eigenvalue weighted by Crippen LogP contribution is 2.32. The summed E-state index contributed by atoms with van der Waals surface area (Å²) >= 11 is 0. The van der Waals surface area contributed by atoms with E-state index in [4.69, 9.17) is 4.74 Å². The van der Waals surface area contributed by atoms with Crippen LogP contribution in [0.15, 0.2) is 48.5 Å². The van der Waals surface area contributed by atoms with Crippen LogP contribution in [-0.2, 0) is 6.42 Å². The van der Waals surface area contributed by atoms with Crippen LogP contribution in [-0.4, -0.2) is 18.3 Å². The fourth-order valence-electron chi connectivity index (χ4n) is 2.55. The van der Waals surface area contributed by atoms with Gasteiger partial charge in [-0.05, 0) is 35.7 Å². The minimum atomic E-state index is -0.515. The standard InChI is InChI=1S/C16H17NO2/c1-19-13-8-6-11(7-9-13)16(18)15-10-12-4-2-3-5-14(12)17-15/h2-9,15-18H,10H2,1H3. The van der Waals surface area contributed by atoms with Crippen LogP contribution < -0.4 is 10.1 Å². The molecule has 2 aromatic carbocycles. The van der Waals surface area contributed by atoms with E-state index in [1.807, 2.05) is 36.4 Å². The molecule has 2 N–H and O–H groups in total. The molecule has 2 atom stereocenters. The Kier molecular flexibility index (Phi) is 3.13. The minimum absolute atomic E-state index is 0.0331. The Hall–Kier alpha value is -2.00. The maximum atomic E-state index is 10.5. The highest BCUT2D eigenvalue weighted by Gasteiger charge is 2.27. The zero-order chi connectivity index (χ0) is 13.2. The van der Waals surface area contributed by atoms with Crippen molar-refractivity contribution in [2.24, 2.45) is 0 Å². The van der Waals surface area contributed by atoms with E-state index in [-0.39, 0.29) is 6.04 Å². The average Bonchev–Trinajstić information content (AvgIpc) is 2.90. The summed E-state index contributed by atoms with van der Waals surface area (Å²) in [7, 11) is 1.64. The Labute approximate surface area is 112 Å². The number of aliphatic hydroxyl groups excluding tert-OH is 1. The predicted molar refractivity (Wildman–Crippen MR) is 75.5 cm³/mol. The van der Waals surface area contributed by atoms with E-state index in [9.17, 15) is 5.11 Å². The lowest BCUT2D eigenvalue weighted by Gasteiger charge is -2.19. The number of anilines is 1. The van der Waals surface area contributed by atoms with Crippen LogP contribution in [0, 0.1) is 0 Å². The molecule has 2 unspecified atom stereocenters. The van der Waals surface area contributed by atoms with Crippen LogP contribution >= 0.6 is 0 Å². The monoisotopic (exact) mass is 255 g/mol. The smallest absolute Gasteiger partial charge is 0.118 e. The Bertz CT molecular complexity index is 540. The van der Waals surface area contributed by atoms with E-state index < -0.39 is 6.10 Å². The van der Waals surface area contributed by atoms with Gasteiger partial charge in [-0.15, -0.1) is 0 Å². The van der Waals surface area contributed by atoms with E-state index >= 15 is 0 Å². The molecule has 1 heterocycles. The van der Waals surface area contributed by atoms with Crippen LogP contribution in [0.5, 0.6) is 5.75 Å². The van der Waals surface area contributed by atoms with E-state index in [0.717, 1.165) is 23.4 Å². The van der Waals surface area contributed by atoms with E-state index in [1.54, 1.807) is 7.11 Å². The van der Waals surface area contributed by atoms with Crippen LogP contribution in [0.4, 0.5) is 5.69 Å². The SMILES string of the molecule is COc1ccc(C(O)C2Cc3ccccc3N2)cc1. The van der Waals surface area contributed by atoms with Crippen molar-refractivity contribution in [3.05, 3.63) is 59.7 Å². The minimum Gasteiger partial charge on any atom is -0.497 e. The summed E-state index contributed by atoms with van der Waals surface area (Å²) in [4.78, 5) is 0. The molecule has 0 bridgehead atoms. The van der Waals surface area contributed by atoms with Gasteiger partial charge in [0.25, 0.3) is 0 Å². The quantitative estimate of drug-likeness (QED) is 0.886.